The molecule has 2 aromatic carbocycles. The van der Waals surface area contributed by atoms with Crippen molar-refractivity contribution in [2.45, 2.75) is 84.0 Å². The lowest BCUT2D eigenvalue weighted by molar-refractivity contribution is 0.304. The van der Waals surface area contributed by atoms with Gasteiger partial charge in [-0.15, -0.1) is 0 Å². The quantitative estimate of drug-likeness (QED) is 0.226. The van der Waals surface area contributed by atoms with E-state index in [1.165, 1.54) is 70.6 Å². The molecule has 2 rings (SSSR count). The summed E-state index contributed by atoms with van der Waals surface area (Å²) in [6.07, 6.45) is 16.5. The Labute approximate surface area is 190 Å². The average molecular weight is 429 g/mol. The lowest BCUT2D eigenvalue weighted by atomic mass is 10.1. The topological polar surface area (TPSA) is 70.5 Å². The molecule has 0 spiro atoms. The van der Waals surface area contributed by atoms with Gasteiger partial charge in [-0.1, -0.05) is 83.6 Å². The summed E-state index contributed by atoms with van der Waals surface area (Å²) in [7, 11) is 1.63. The molecule has 0 amide bonds. The summed E-state index contributed by atoms with van der Waals surface area (Å²) < 4.78 is 10.6. The summed E-state index contributed by atoms with van der Waals surface area (Å²) >= 11 is 0. The van der Waals surface area contributed by atoms with Crippen molar-refractivity contribution in [2.75, 3.05) is 25.2 Å². The van der Waals surface area contributed by atoms with E-state index in [1.807, 2.05) is 36.4 Å². The number of rotatable bonds is 15. The smallest absolute Gasteiger partial charge is 0.121 e. The van der Waals surface area contributed by atoms with Crippen LogP contribution in [0.1, 0.15) is 84.0 Å². The predicted molar refractivity (Wildman–Crippen MR) is 135 cm³/mol. The van der Waals surface area contributed by atoms with E-state index in [-0.39, 0.29) is 0 Å². The normalized spacial score (nSPS) is 10.3. The third-order valence-electron chi connectivity index (χ3n) is 5.24. The largest absolute Gasteiger partial charge is 0.497 e. The molecular formula is C27H44N2O2. The van der Waals surface area contributed by atoms with Gasteiger partial charge >= 0.3 is 0 Å². The standard InChI is InChI=1S/C20H35NO.C7H9NO/c1-2-3-4-5-6-7-8-9-10-11-12-13-17-22-20-16-14-15-19(21)18-20;1-9-7-4-2-6(8)3-5-7/h14-16,18H,2-13,17,21H2,1H3;2-5H,8H2,1H3. The molecule has 4 N–H and O–H groups in total. The third-order valence-corrected chi connectivity index (χ3v) is 5.24. The van der Waals surface area contributed by atoms with E-state index in [0.29, 0.717) is 0 Å². The number of nitrogens with two attached hydrogens (primary N) is 2. The Morgan fingerprint density at radius 2 is 1.16 bits per heavy atom. The molecule has 0 aliphatic carbocycles. The second-order valence-corrected chi connectivity index (χ2v) is 8.08. The van der Waals surface area contributed by atoms with E-state index in [4.69, 9.17) is 20.9 Å². The molecule has 174 valence electrons. The summed E-state index contributed by atoms with van der Waals surface area (Å²) in [5, 5.41) is 0. The number of unbranched alkanes of at least 4 members (excludes halogenated alkanes) is 11. The van der Waals surface area contributed by atoms with Gasteiger partial charge in [0.15, 0.2) is 0 Å². The van der Waals surface area contributed by atoms with Crippen LogP contribution in [0.3, 0.4) is 0 Å². The van der Waals surface area contributed by atoms with Crippen molar-refractivity contribution < 1.29 is 9.47 Å². The van der Waals surface area contributed by atoms with Gasteiger partial charge in [-0.25, -0.2) is 0 Å². The van der Waals surface area contributed by atoms with Crippen LogP contribution in [0, 0.1) is 0 Å². The zero-order valence-corrected chi connectivity index (χ0v) is 19.8. The van der Waals surface area contributed by atoms with Crippen LogP contribution in [0.15, 0.2) is 48.5 Å². The van der Waals surface area contributed by atoms with Gasteiger partial charge < -0.3 is 20.9 Å². The highest BCUT2D eigenvalue weighted by Gasteiger charge is 1.96. The molecule has 0 aromatic heterocycles. The molecule has 4 heteroatoms. The molecule has 2 aromatic rings. The highest BCUT2D eigenvalue weighted by molar-refractivity contribution is 5.43. The van der Waals surface area contributed by atoms with Crippen LogP contribution in [-0.2, 0) is 0 Å². The molecule has 4 nitrogen and oxygen atoms in total. The molecule has 0 unspecified atom stereocenters. The highest BCUT2D eigenvalue weighted by atomic mass is 16.5. The van der Waals surface area contributed by atoms with Crippen molar-refractivity contribution >= 4 is 11.4 Å². The zero-order chi connectivity index (χ0) is 22.6. The van der Waals surface area contributed by atoms with Gasteiger partial charge in [0, 0.05) is 17.4 Å². The second-order valence-electron chi connectivity index (χ2n) is 8.08. The first-order chi connectivity index (χ1) is 15.2. The maximum Gasteiger partial charge on any atom is 0.121 e. The number of benzene rings is 2. The Balaban J connectivity index is 0.000000442. The third kappa shape index (κ3) is 15.1. The molecule has 0 saturated carbocycles. The van der Waals surface area contributed by atoms with Gasteiger partial charge in [-0.05, 0) is 42.8 Å². The number of hydrogen-bond donors (Lipinski definition) is 2. The van der Waals surface area contributed by atoms with Crippen molar-refractivity contribution in [1.82, 2.24) is 0 Å². The predicted octanol–water partition coefficient (Wildman–Crippen LogP) is 7.63. The number of ether oxygens (including phenoxy) is 2. The van der Waals surface area contributed by atoms with E-state index in [9.17, 15) is 0 Å². The van der Waals surface area contributed by atoms with Gasteiger partial charge in [0.05, 0.1) is 13.7 Å². The lowest BCUT2D eigenvalue weighted by Gasteiger charge is -2.06. The summed E-state index contributed by atoms with van der Waals surface area (Å²) in [4.78, 5) is 0. The van der Waals surface area contributed by atoms with Crippen LogP contribution in [0.4, 0.5) is 11.4 Å². The fourth-order valence-electron chi connectivity index (χ4n) is 3.34. The Morgan fingerprint density at radius 1 is 0.613 bits per heavy atom. The molecule has 0 fully saturated rings. The van der Waals surface area contributed by atoms with Crippen LogP contribution < -0.4 is 20.9 Å². The summed E-state index contributed by atoms with van der Waals surface area (Å²) in [6.45, 7) is 3.08. The fourth-order valence-corrected chi connectivity index (χ4v) is 3.34. The van der Waals surface area contributed by atoms with Crippen LogP contribution in [0.2, 0.25) is 0 Å². The molecule has 0 bridgehead atoms. The van der Waals surface area contributed by atoms with Crippen LogP contribution in [-0.4, -0.2) is 13.7 Å². The summed E-state index contributed by atoms with van der Waals surface area (Å²) in [5.74, 6) is 1.73. The molecule has 0 saturated heterocycles. The maximum absolute atomic E-state index is 5.72. The fraction of sp³-hybridized carbons (Fsp3) is 0.556. The van der Waals surface area contributed by atoms with Crippen molar-refractivity contribution in [1.29, 1.82) is 0 Å². The summed E-state index contributed by atoms with van der Waals surface area (Å²) in [6, 6.07) is 14.9. The Hall–Kier alpha value is -2.36. The van der Waals surface area contributed by atoms with Crippen LogP contribution in [0.25, 0.3) is 0 Å². The zero-order valence-electron chi connectivity index (χ0n) is 19.8. The van der Waals surface area contributed by atoms with Gasteiger partial charge in [0.25, 0.3) is 0 Å². The van der Waals surface area contributed by atoms with Crippen LogP contribution in [0.5, 0.6) is 11.5 Å². The van der Waals surface area contributed by atoms with E-state index >= 15 is 0 Å². The Kier molecular flexibility index (Phi) is 15.8. The van der Waals surface area contributed by atoms with E-state index in [2.05, 4.69) is 6.92 Å². The van der Waals surface area contributed by atoms with E-state index in [0.717, 1.165) is 35.9 Å². The van der Waals surface area contributed by atoms with Gasteiger partial charge in [-0.3, -0.25) is 0 Å². The average Bonchev–Trinajstić information content (AvgIpc) is 2.78. The molecule has 0 aliphatic heterocycles. The number of hydrogen-bond acceptors (Lipinski definition) is 4. The van der Waals surface area contributed by atoms with E-state index in [1.54, 1.807) is 19.2 Å². The molecule has 0 atom stereocenters. The minimum absolute atomic E-state index is 0.760. The Morgan fingerprint density at radius 3 is 1.68 bits per heavy atom. The van der Waals surface area contributed by atoms with Crippen LogP contribution >= 0.6 is 0 Å². The van der Waals surface area contributed by atoms with Gasteiger partial charge in [0.1, 0.15) is 11.5 Å². The van der Waals surface area contributed by atoms with Crippen molar-refractivity contribution in [2.24, 2.45) is 0 Å². The summed E-state index contributed by atoms with van der Waals surface area (Å²) in [5.41, 5.74) is 12.7. The number of methoxy groups -OCH3 is 1. The number of nitrogen functional groups attached to an aromatic ring is 2. The Bertz CT molecular complexity index is 659. The second kappa shape index (κ2) is 18.4. The van der Waals surface area contributed by atoms with Gasteiger partial charge in [-0.2, -0.15) is 0 Å². The monoisotopic (exact) mass is 428 g/mol. The molecule has 31 heavy (non-hydrogen) atoms. The first-order valence-electron chi connectivity index (χ1n) is 12.0. The highest BCUT2D eigenvalue weighted by Crippen LogP contribution is 2.16. The van der Waals surface area contributed by atoms with Gasteiger partial charge in [0.2, 0.25) is 0 Å². The number of anilines is 2. The molecular weight excluding hydrogens is 384 g/mol. The first-order valence-corrected chi connectivity index (χ1v) is 12.0. The SMILES string of the molecule is CCCCCCCCCCCCCCOc1cccc(N)c1.COc1ccc(N)cc1. The lowest BCUT2D eigenvalue weighted by Crippen LogP contribution is -1.97. The van der Waals surface area contributed by atoms with Crippen molar-refractivity contribution in [3.63, 3.8) is 0 Å². The van der Waals surface area contributed by atoms with Crippen molar-refractivity contribution in [3.8, 4) is 11.5 Å². The maximum atomic E-state index is 5.72. The molecule has 0 aliphatic rings. The molecule has 0 radical (unpaired) electrons. The first kappa shape index (κ1) is 26.7. The minimum Gasteiger partial charge on any atom is -0.497 e. The van der Waals surface area contributed by atoms with E-state index < -0.39 is 0 Å². The minimum atomic E-state index is 0.760. The molecule has 0 heterocycles. The van der Waals surface area contributed by atoms with Crippen molar-refractivity contribution in [3.05, 3.63) is 48.5 Å².